The third-order valence-electron chi connectivity index (χ3n) is 4.21. The summed E-state index contributed by atoms with van der Waals surface area (Å²) >= 11 is 6.22. The van der Waals surface area contributed by atoms with Gasteiger partial charge in [-0.25, -0.2) is 4.79 Å². The fraction of sp³-hybridized carbons (Fsp3) is 0.263. The Balaban J connectivity index is 1.60. The minimum atomic E-state index is -0.416. The quantitative estimate of drug-likeness (QED) is 0.842. The molecule has 1 heterocycles. The topological polar surface area (TPSA) is 56.6 Å². The average Bonchev–Trinajstić information content (AvgIpc) is 2.65. The normalized spacial score (nSPS) is 16.1. The lowest BCUT2D eigenvalue weighted by Crippen LogP contribution is -2.50. The molecule has 2 aromatic rings. The first kappa shape index (κ1) is 17.3. The Morgan fingerprint density at radius 3 is 2.32 bits per heavy atom. The van der Waals surface area contributed by atoms with E-state index in [0.717, 1.165) is 5.56 Å². The van der Waals surface area contributed by atoms with Crippen molar-refractivity contribution < 1.29 is 9.53 Å². The van der Waals surface area contributed by atoms with E-state index in [0.29, 0.717) is 37.0 Å². The SMILES string of the molecule is N#CC(c1ccccc1Cl)N1CCN(C(=O)Oc2ccccc2)CC1. The molecule has 1 fully saturated rings. The molecule has 1 atom stereocenters. The van der Waals surface area contributed by atoms with Gasteiger partial charge in [-0.2, -0.15) is 5.26 Å². The fourth-order valence-corrected chi connectivity index (χ4v) is 3.10. The van der Waals surface area contributed by atoms with Crippen LogP contribution < -0.4 is 4.74 Å². The second-order valence-corrected chi connectivity index (χ2v) is 6.16. The van der Waals surface area contributed by atoms with Gasteiger partial charge in [-0.05, 0) is 18.2 Å². The summed E-state index contributed by atoms with van der Waals surface area (Å²) in [6, 6.07) is 18.3. The molecule has 1 aliphatic heterocycles. The van der Waals surface area contributed by atoms with Crippen molar-refractivity contribution in [1.29, 1.82) is 5.26 Å². The smallest absolute Gasteiger partial charge is 0.410 e. The van der Waals surface area contributed by atoms with Crippen LogP contribution >= 0.6 is 11.6 Å². The number of piperazine rings is 1. The predicted octanol–water partition coefficient (Wildman–Crippen LogP) is 3.72. The van der Waals surface area contributed by atoms with Gasteiger partial charge in [0.05, 0.1) is 6.07 Å². The zero-order chi connectivity index (χ0) is 17.6. The van der Waals surface area contributed by atoms with E-state index in [-0.39, 0.29) is 6.09 Å². The maximum atomic E-state index is 12.2. The molecule has 0 radical (unpaired) electrons. The summed E-state index contributed by atoms with van der Waals surface area (Å²) in [5.74, 6) is 0.529. The minimum Gasteiger partial charge on any atom is -0.410 e. The van der Waals surface area contributed by atoms with Crippen molar-refractivity contribution in [2.75, 3.05) is 26.2 Å². The van der Waals surface area contributed by atoms with Gasteiger partial charge < -0.3 is 9.64 Å². The molecule has 0 aliphatic carbocycles. The number of nitrogens with zero attached hydrogens (tertiary/aromatic N) is 3. The van der Waals surface area contributed by atoms with E-state index >= 15 is 0 Å². The molecule has 0 saturated carbocycles. The van der Waals surface area contributed by atoms with Crippen molar-refractivity contribution in [2.24, 2.45) is 0 Å². The summed E-state index contributed by atoms with van der Waals surface area (Å²) in [5.41, 5.74) is 0.798. The van der Waals surface area contributed by atoms with Gasteiger partial charge in [0.25, 0.3) is 0 Å². The number of hydrogen-bond acceptors (Lipinski definition) is 4. The number of carbonyl (C=O) groups excluding carboxylic acids is 1. The average molecular weight is 356 g/mol. The van der Waals surface area contributed by atoms with Crippen molar-refractivity contribution in [3.63, 3.8) is 0 Å². The number of nitriles is 1. The van der Waals surface area contributed by atoms with Crippen LogP contribution in [-0.2, 0) is 0 Å². The molecule has 6 heteroatoms. The minimum absolute atomic E-state index is 0.364. The lowest BCUT2D eigenvalue weighted by atomic mass is 10.1. The van der Waals surface area contributed by atoms with Gasteiger partial charge in [-0.15, -0.1) is 0 Å². The Labute approximate surface area is 152 Å². The van der Waals surface area contributed by atoms with Crippen molar-refractivity contribution >= 4 is 17.7 Å². The molecule has 1 aliphatic rings. The van der Waals surface area contributed by atoms with Crippen molar-refractivity contribution in [1.82, 2.24) is 9.80 Å². The van der Waals surface area contributed by atoms with Gasteiger partial charge in [0.1, 0.15) is 11.8 Å². The summed E-state index contributed by atoms with van der Waals surface area (Å²) in [6.45, 7) is 2.20. The van der Waals surface area contributed by atoms with Gasteiger partial charge in [-0.1, -0.05) is 48.0 Å². The number of hydrogen-bond donors (Lipinski definition) is 0. The Kier molecular flexibility index (Phi) is 5.54. The maximum absolute atomic E-state index is 12.2. The number of para-hydroxylation sites is 1. The van der Waals surface area contributed by atoms with Crippen LogP contribution in [-0.4, -0.2) is 42.1 Å². The van der Waals surface area contributed by atoms with Crippen LogP contribution in [0.4, 0.5) is 4.79 Å². The number of benzene rings is 2. The lowest BCUT2D eigenvalue weighted by molar-refractivity contribution is 0.100. The van der Waals surface area contributed by atoms with E-state index in [4.69, 9.17) is 16.3 Å². The highest BCUT2D eigenvalue weighted by atomic mass is 35.5. The summed E-state index contributed by atoms with van der Waals surface area (Å²) in [5, 5.41) is 10.2. The van der Waals surface area contributed by atoms with E-state index in [1.54, 1.807) is 23.1 Å². The highest BCUT2D eigenvalue weighted by molar-refractivity contribution is 6.31. The molecule has 2 aromatic carbocycles. The molecule has 1 amide bonds. The third-order valence-corrected chi connectivity index (χ3v) is 4.55. The molecule has 0 aromatic heterocycles. The molecule has 1 saturated heterocycles. The Morgan fingerprint density at radius 2 is 1.68 bits per heavy atom. The van der Waals surface area contributed by atoms with E-state index in [9.17, 15) is 10.1 Å². The zero-order valence-corrected chi connectivity index (χ0v) is 14.4. The second kappa shape index (κ2) is 8.02. The lowest BCUT2D eigenvalue weighted by Gasteiger charge is -2.36. The van der Waals surface area contributed by atoms with E-state index in [1.165, 1.54) is 0 Å². The predicted molar refractivity (Wildman–Crippen MR) is 95.4 cm³/mol. The molecule has 0 N–H and O–H groups in total. The van der Waals surface area contributed by atoms with Gasteiger partial charge in [0.15, 0.2) is 0 Å². The van der Waals surface area contributed by atoms with Crippen LogP contribution in [0.3, 0.4) is 0 Å². The number of carbonyl (C=O) groups is 1. The zero-order valence-electron chi connectivity index (χ0n) is 13.6. The highest BCUT2D eigenvalue weighted by Gasteiger charge is 2.28. The van der Waals surface area contributed by atoms with Crippen LogP contribution in [0.5, 0.6) is 5.75 Å². The van der Waals surface area contributed by atoms with Crippen molar-refractivity contribution in [3.05, 3.63) is 65.2 Å². The number of halogens is 1. The summed E-state index contributed by atoms with van der Waals surface area (Å²) in [6.07, 6.45) is -0.364. The molecular weight excluding hydrogens is 338 g/mol. The first-order chi connectivity index (χ1) is 12.2. The van der Waals surface area contributed by atoms with Gasteiger partial charge in [0.2, 0.25) is 0 Å². The summed E-state index contributed by atoms with van der Waals surface area (Å²) in [4.78, 5) is 15.9. The first-order valence-corrected chi connectivity index (χ1v) is 8.47. The van der Waals surface area contributed by atoms with Crippen LogP contribution in [0, 0.1) is 11.3 Å². The summed E-state index contributed by atoms with van der Waals surface area (Å²) in [7, 11) is 0. The van der Waals surface area contributed by atoms with Crippen LogP contribution in [0.1, 0.15) is 11.6 Å². The van der Waals surface area contributed by atoms with Crippen LogP contribution in [0.2, 0.25) is 5.02 Å². The number of rotatable bonds is 3. The monoisotopic (exact) mass is 355 g/mol. The molecule has 0 bridgehead atoms. The first-order valence-electron chi connectivity index (χ1n) is 8.09. The Morgan fingerprint density at radius 1 is 1.04 bits per heavy atom. The van der Waals surface area contributed by atoms with Crippen LogP contribution in [0.25, 0.3) is 0 Å². The molecule has 3 rings (SSSR count). The van der Waals surface area contributed by atoms with E-state index < -0.39 is 6.04 Å². The summed E-state index contributed by atoms with van der Waals surface area (Å²) < 4.78 is 5.36. The molecular formula is C19H18ClN3O2. The van der Waals surface area contributed by atoms with Gasteiger partial charge in [0, 0.05) is 36.8 Å². The molecule has 128 valence electrons. The van der Waals surface area contributed by atoms with Crippen LogP contribution in [0.15, 0.2) is 54.6 Å². The number of amides is 1. The molecule has 25 heavy (non-hydrogen) atoms. The Hall–Kier alpha value is -2.55. The molecule has 0 spiro atoms. The molecule has 1 unspecified atom stereocenters. The van der Waals surface area contributed by atoms with E-state index in [1.807, 2.05) is 41.3 Å². The number of ether oxygens (including phenoxy) is 1. The van der Waals surface area contributed by atoms with Gasteiger partial charge >= 0.3 is 6.09 Å². The van der Waals surface area contributed by atoms with Crippen molar-refractivity contribution in [2.45, 2.75) is 6.04 Å². The molecule has 5 nitrogen and oxygen atoms in total. The Bertz CT molecular complexity index is 768. The highest BCUT2D eigenvalue weighted by Crippen LogP contribution is 2.28. The van der Waals surface area contributed by atoms with E-state index in [2.05, 4.69) is 6.07 Å². The largest absolute Gasteiger partial charge is 0.415 e. The third kappa shape index (κ3) is 4.11. The maximum Gasteiger partial charge on any atom is 0.415 e. The standard InChI is InChI=1S/C19H18ClN3O2/c20-17-9-5-4-8-16(17)18(14-21)22-10-12-23(13-11-22)19(24)25-15-6-2-1-3-7-15/h1-9,18H,10-13H2. The fourth-order valence-electron chi connectivity index (χ4n) is 2.86. The van der Waals surface area contributed by atoms with Crippen molar-refractivity contribution in [3.8, 4) is 11.8 Å². The second-order valence-electron chi connectivity index (χ2n) is 5.76. The van der Waals surface area contributed by atoms with Gasteiger partial charge in [-0.3, -0.25) is 4.90 Å².